The lowest BCUT2D eigenvalue weighted by molar-refractivity contribution is -0.110. The van der Waals surface area contributed by atoms with Gasteiger partial charge in [0.1, 0.15) is 0 Å². The molecular formula is C10H22N2O3. The molecule has 5 heteroatoms. The fraction of sp³-hybridized carbons (Fsp3) is 0.700. The van der Waals surface area contributed by atoms with Gasteiger partial charge in [0, 0.05) is 13.2 Å². The summed E-state index contributed by atoms with van der Waals surface area (Å²) in [5.41, 5.74) is 8.50. The van der Waals surface area contributed by atoms with Gasteiger partial charge < -0.3 is 20.9 Å². The molecule has 5 nitrogen and oxygen atoms in total. The van der Waals surface area contributed by atoms with Crippen LogP contribution in [0.25, 0.3) is 0 Å². The van der Waals surface area contributed by atoms with E-state index in [1.54, 1.807) is 6.08 Å². The second-order valence-electron chi connectivity index (χ2n) is 2.75. The number of carbonyl (C=O) groups is 1. The Morgan fingerprint density at radius 2 is 1.60 bits per heavy atom. The van der Waals surface area contributed by atoms with Crippen LogP contribution in [0.4, 0.5) is 4.79 Å². The molecule has 2 amide bonds. The van der Waals surface area contributed by atoms with E-state index in [2.05, 4.69) is 31.9 Å². The van der Waals surface area contributed by atoms with Gasteiger partial charge in [-0.3, -0.25) is 0 Å². The maximum atomic E-state index is 9.00. The second-order valence-corrected chi connectivity index (χ2v) is 2.75. The number of carbonyl (C=O) groups excluding carboxylic acids is 1. The van der Waals surface area contributed by atoms with Crippen LogP contribution in [0.5, 0.6) is 0 Å². The number of ether oxygens (including phenoxy) is 2. The van der Waals surface area contributed by atoms with Crippen LogP contribution in [0.15, 0.2) is 12.7 Å². The molecule has 0 saturated carbocycles. The van der Waals surface area contributed by atoms with Crippen molar-refractivity contribution in [1.29, 1.82) is 0 Å². The molecule has 0 aliphatic carbocycles. The Morgan fingerprint density at radius 3 is 1.80 bits per heavy atom. The van der Waals surface area contributed by atoms with Crippen molar-refractivity contribution in [2.45, 2.75) is 33.0 Å². The number of nitrogens with two attached hydrogens (primary N) is 2. The van der Waals surface area contributed by atoms with Gasteiger partial charge in [-0.05, 0) is 18.9 Å². The van der Waals surface area contributed by atoms with Crippen LogP contribution in [0, 0.1) is 0 Å². The molecule has 0 radical (unpaired) electrons. The molecule has 0 aromatic heterocycles. The van der Waals surface area contributed by atoms with Crippen molar-refractivity contribution >= 4 is 6.03 Å². The molecule has 0 fully saturated rings. The molecule has 0 aliphatic rings. The SMILES string of the molecule is C=CC(OCCC)OCCC.NC(N)=O. The first kappa shape index (κ1) is 16.4. The summed E-state index contributed by atoms with van der Waals surface area (Å²) in [6, 6.07) is -0.833. The van der Waals surface area contributed by atoms with Crippen LogP contribution < -0.4 is 11.5 Å². The van der Waals surface area contributed by atoms with E-state index in [9.17, 15) is 0 Å². The average Bonchev–Trinajstić information content (AvgIpc) is 2.17. The van der Waals surface area contributed by atoms with Crippen LogP contribution in [-0.2, 0) is 9.47 Å². The average molecular weight is 218 g/mol. The first-order valence-corrected chi connectivity index (χ1v) is 4.99. The number of hydrogen-bond acceptors (Lipinski definition) is 3. The summed E-state index contributed by atoms with van der Waals surface area (Å²) in [6.45, 7) is 9.23. The molecule has 0 saturated heterocycles. The fourth-order valence-corrected chi connectivity index (χ4v) is 0.652. The third-order valence-electron chi connectivity index (χ3n) is 1.16. The summed E-state index contributed by atoms with van der Waals surface area (Å²) >= 11 is 0. The van der Waals surface area contributed by atoms with Crippen LogP contribution >= 0.6 is 0 Å². The Morgan fingerprint density at radius 1 is 1.27 bits per heavy atom. The first-order valence-electron chi connectivity index (χ1n) is 4.99. The maximum Gasteiger partial charge on any atom is 0.309 e. The Kier molecular flexibility index (Phi) is 14.1. The van der Waals surface area contributed by atoms with Crippen molar-refractivity contribution in [3.63, 3.8) is 0 Å². The van der Waals surface area contributed by atoms with E-state index in [0.29, 0.717) is 0 Å². The van der Waals surface area contributed by atoms with Gasteiger partial charge in [0.2, 0.25) is 0 Å². The summed E-state index contributed by atoms with van der Waals surface area (Å²) < 4.78 is 10.6. The monoisotopic (exact) mass is 218 g/mol. The van der Waals surface area contributed by atoms with E-state index in [-0.39, 0.29) is 6.29 Å². The van der Waals surface area contributed by atoms with Gasteiger partial charge in [-0.25, -0.2) is 4.79 Å². The van der Waals surface area contributed by atoms with Crippen molar-refractivity contribution in [2.75, 3.05) is 13.2 Å². The quantitative estimate of drug-likeness (QED) is 0.499. The van der Waals surface area contributed by atoms with E-state index in [1.807, 2.05) is 0 Å². The molecule has 0 rings (SSSR count). The van der Waals surface area contributed by atoms with E-state index < -0.39 is 6.03 Å². The normalized spacial score (nSPS) is 9.27. The van der Waals surface area contributed by atoms with Crippen LogP contribution in [0.1, 0.15) is 26.7 Å². The van der Waals surface area contributed by atoms with Crippen molar-refractivity contribution in [3.05, 3.63) is 12.7 Å². The lowest BCUT2D eigenvalue weighted by Crippen LogP contribution is -2.18. The van der Waals surface area contributed by atoms with Gasteiger partial charge in [0.25, 0.3) is 0 Å². The Balaban J connectivity index is 0. The van der Waals surface area contributed by atoms with Crippen LogP contribution in [0.2, 0.25) is 0 Å². The second kappa shape index (κ2) is 12.9. The zero-order valence-corrected chi connectivity index (χ0v) is 9.57. The smallest absolute Gasteiger partial charge is 0.309 e. The molecule has 0 spiro atoms. The molecule has 0 aliphatic heterocycles. The van der Waals surface area contributed by atoms with E-state index in [1.165, 1.54) is 0 Å². The van der Waals surface area contributed by atoms with Crippen molar-refractivity contribution < 1.29 is 14.3 Å². The Labute approximate surface area is 91.4 Å². The number of urea groups is 1. The number of primary amides is 2. The molecule has 90 valence electrons. The summed E-state index contributed by atoms with van der Waals surface area (Å²) in [4.78, 5) is 9.00. The van der Waals surface area contributed by atoms with Crippen molar-refractivity contribution in [2.24, 2.45) is 11.5 Å². The number of rotatable bonds is 7. The minimum atomic E-state index is -0.833. The number of amides is 2. The summed E-state index contributed by atoms with van der Waals surface area (Å²) in [5, 5.41) is 0. The summed E-state index contributed by atoms with van der Waals surface area (Å²) in [7, 11) is 0. The maximum absolute atomic E-state index is 9.00. The highest BCUT2D eigenvalue weighted by atomic mass is 16.7. The molecule has 0 bridgehead atoms. The van der Waals surface area contributed by atoms with Gasteiger partial charge >= 0.3 is 6.03 Å². The van der Waals surface area contributed by atoms with E-state index >= 15 is 0 Å². The standard InChI is InChI=1S/C9H18O2.CH4N2O/c1-4-7-10-9(6-3)11-8-5-2;2-1(3)4/h6,9H,3-5,7-8H2,1-2H3;(H4,2,3,4). The third-order valence-corrected chi connectivity index (χ3v) is 1.16. The zero-order chi connectivity index (χ0) is 12.1. The topological polar surface area (TPSA) is 87.6 Å². The Bertz CT molecular complexity index is 151. The molecule has 0 unspecified atom stereocenters. The van der Waals surface area contributed by atoms with Gasteiger partial charge in [0.15, 0.2) is 6.29 Å². The molecule has 0 aromatic rings. The molecule has 4 N–H and O–H groups in total. The lowest BCUT2D eigenvalue weighted by atomic mass is 10.5. The predicted molar refractivity (Wildman–Crippen MR) is 60.2 cm³/mol. The van der Waals surface area contributed by atoms with Crippen molar-refractivity contribution in [1.82, 2.24) is 0 Å². The van der Waals surface area contributed by atoms with Gasteiger partial charge in [-0.15, -0.1) is 0 Å². The van der Waals surface area contributed by atoms with Gasteiger partial charge in [-0.2, -0.15) is 0 Å². The number of hydrogen-bond donors (Lipinski definition) is 2. The van der Waals surface area contributed by atoms with Gasteiger partial charge in [-0.1, -0.05) is 20.4 Å². The molecule has 0 atom stereocenters. The Hall–Kier alpha value is -1.07. The lowest BCUT2D eigenvalue weighted by Gasteiger charge is -2.13. The fourth-order valence-electron chi connectivity index (χ4n) is 0.652. The van der Waals surface area contributed by atoms with Gasteiger partial charge in [0.05, 0.1) is 0 Å². The summed E-state index contributed by atoms with van der Waals surface area (Å²) in [6.07, 6.45) is 3.50. The van der Waals surface area contributed by atoms with Crippen LogP contribution in [0.3, 0.4) is 0 Å². The van der Waals surface area contributed by atoms with Crippen LogP contribution in [-0.4, -0.2) is 25.5 Å². The minimum Gasteiger partial charge on any atom is -0.352 e. The summed E-state index contributed by atoms with van der Waals surface area (Å²) in [5.74, 6) is 0. The highest BCUT2D eigenvalue weighted by Crippen LogP contribution is 1.97. The highest BCUT2D eigenvalue weighted by Gasteiger charge is 2.00. The highest BCUT2D eigenvalue weighted by molar-refractivity contribution is 5.69. The van der Waals surface area contributed by atoms with E-state index in [4.69, 9.17) is 14.3 Å². The van der Waals surface area contributed by atoms with E-state index in [0.717, 1.165) is 26.1 Å². The molecule has 0 heterocycles. The van der Waals surface area contributed by atoms with Crippen molar-refractivity contribution in [3.8, 4) is 0 Å². The molecule has 15 heavy (non-hydrogen) atoms. The minimum absolute atomic E-state index is 0.213. The largest absolute Gasteiger partial charge is 0.352 e. The molecule has 0 aromatic carbocycles. The molecular weight excluding hydrogens is 196 g/mol. The first-order chi connectivity index (χ1) is 7.08. The third kappa shape index (κ3) is 19.4. The zero-order valence-electron chi connectivity index (χ0n) is 9.57. The predicted octanol–water partition coefficient (Wildman–Crippen LogP) is 1.38.